The molecule has 1 nitrogen and oxygen atoms in total. The highest BCUT2D eigenvalue weighted by molar-refractivity contribution is 5.71. The fraction of sp³-hybridized carbons (Fsp3) is 0.364. The van der Waals surface area contributed by atoms with Crippen LogP contribution in [0.4, 0.5) is 0 Å². The maximum Gasteiger partial charge on any atom is 0.0693 e. The van der Waals surface area contributed by atoms with Gasteiger partial charge in [0, 0.05) is 6.20 Å². The Kier molecular flexibility index (Phi) is 1.72. The summed E-state index contributed by atoms with van der Waals surface area (Å²) in [6.45, 7) is 4.33. The Balaban J connectivity index is 2.57. The summed E-state index contributed by atoms with van der Waals surface area (Å²) in [5, 5.41) is 0. The van der Waals surface area contributed by atoms with E-state index in [9.17, 15) is 0 Å². The first-order valence-electron chi connectivity index (χ1n) is 4.39. The number of pyridine rings is 1. The van der Waals surface area contributed by atoms with Crippen LogP contribution in [0.5, 0.6) is 0 Å². The highest BCUT2D eigenvalue weighted by Crippen LogP contribution is 2.31. The fourth-order valence-electron chi connectivity index (χ4n) is 1.78. The molecule has 0 radical (unpaired) electrons. The second kappa shape index (κ2) is 2.74. The van der Waals surface area contributed by atoms with Gasteiger partial charge in [-0.2, -0.15) is 0 Å². The van der Waals surface area contributed by atoms with E-state index in [1.54, 1.807) is 0 Å². The Morgan fingerprint density at radius 3 is 2.92 bits per heavy atom. The standard InChI is InChI=1S/C11H13N/c1-8(2)10-6-5-9-4-3-7-12-11(9)10/h3-4,7H,5-6H2,1-2H3. The first-order valence-corrected chi connectivity index (χ1v) is 4.39. The normalized spacial score (nSPS) is 14.7. The van der Waals surface area contributed by atoms with Gasteiger partial charge in [-0.25, -0.2) is 0 Å². The van der Waals surface area contributed by atoms with Crippen LogP contribution in [-0.4, -0.2) is 4.98 Å². The average Bonchev–Trinajstić information content (AvgIpc) is 2.47. The molecule has 1 aliphatic carbocycles. The molecule has 0 amide bonds. The van der Waals surface area contributed by atoms with Crippen LogP contribution in [0.1, 0.15) is 31.5 Å². The predicted molar refractivity (Wildman–Crippen MR) is 50.8 cm³/mol. The van der Waals surface area contributed by atoms with Gasteiger partial charge in [0.1, 0.15) is 0 Å². The Labute approximate surface area is 73.1 Å². The van der Waals surface area contributed by atoms with Gasteiger partial charge in [-0.3, -0.25) is 4.98 Å². The summed E-state index contributed by atoms with van der Waals surface area (Å²) in [6, 6.07) is 4.20. The molecule has 1 aromatic rings. The van der Waals surface area contributed by atoms with Gasteiger partial charge < -0.3 is 0 Å². The molecule has 0 bridgehead atoms. The molecule has 0 unspecified atom stereocenters. The minimum absolute atomic E-state index is 1.17. The lowest BCUT2D eigenvalue weighted by Gasteiger charge is -2.00. The molecule has 0 saturated heterocycles. The van der Waals surface area contributed by atoms with Crippen LogP contribution in [0.2, 0.25) is 0 Å². The molecule has 2 rings (SSSR count). The number of nitrogens with zero attached hydrogens (tertiary/aromatic N) is 1. The average molecular weight is 159 g/mol. The Hall–Kier alpha value is -1.11. The van der Waals surface area contributed by atoms with Gasteiger partial charge >= 0.3 is 0 Å². The summed E-state index contributed by atoms with van der Waals surface area (Å²) >= 11 is 0. The largest absolute Gasteiger partial charge is 0.256 e. The lowest BCUT2D eigenvalue weighted by molar-refractivity contribution is 1.07. The molecule has 0 fully saturated rings. The zero-order valence-electron chi connectivity index (χ0n) is 7.59. The molecule has 1 heterocycles. The quantitative estimate of drug-likeness (QED) is 0.567. The third-order valence-electron chi connectivity index (χ3n) is 2.43. The predicted octanol–water partition coefficient (Wildman–Crippen LogP) is 2.82. The topological polar surface area (TPSA) is 12.9 Å². The lowest BCUT2D eigenvalue weighted by Crippen LogP contribution is -1.86. The van der Waals surface area contributed by atoms with Crippen molar-refractivity contribution in [3.63, 3.8) is 0 Å². The van der Waals surface area contributed by atoms with E-state index in [-0.39, 0.29) is 0 Å². The smallest absolute Gasteiger partial charge is 0.0693 e. The molecule has 0 N–H and O–H groups in total. The van der Waals surface area contributed by atoms with Crippen LogP contribution in [0, 0.1) is 0 Å². The van der Waals surface area contributed by atoms with Gasteiger partial charge in [0.2, 0.25) is 0 Å². The van der Waals surface area contributed by atoms with E-state index in [4.69, 9.17) is 0 Å². The third-order valence-corrected chi connectivity index (χ3v) is 2.43. The Morgan fingerprint density at radius 2 is 2.17 bits per heavy atom. The van der Waals surface area contributed by atoms with E-state index in [1.165, 1.54) is 35.2 Å². The summed E-state index contributed by atoms with van der Waals surface area (Å²) in [6.07, 6.45) is 4.23. The van der Waals surface area contributed by atoms with Gasteiger partial charge in [0.25, 0.3) is 0 Å². The molecule has 62 valence electrons. The summed E-state index contributed by atoms with van der Waals surface area (Å²) in [5.74, 6) is 0. The number of aryl methyl sites for hydroxylation is 1. The molecule has 12 heavy (non-hydrogen) atoms. The zero-order chi connectivity index (χ0) is 8.55. The number of allylic oxidation sites excluding steroid dienone is 2. The molecule has 0 spiro atoms. The van der Waals surface area contributed by atoms with E-state index in [1.807, 2.05) is 12.3 Å². The summed E-state index contributed by atoms with van der Waals surface area (Å²) in [7, 11) is 0. The SMILES string of the molecule is CC(C)=C1CCc2cccnc21. The maximum atomic E-state index is 4.40. The van der Waals surface area contributed by atoms with E-state index >= 15 is 0 Å². The number of hydrogen-bond donors (Lipinski definition) is 0. The van der Waals surface area contributed by atoms with Crippen molar-refractivity contribution < 1.29 is 0 Å². The van der Waals surface area contributed by atoms with E-state index in [0.29, 0.717) is 0 Å². The summed E-state index contributed by atoms with van der Waals surface area (Å²) < 4.78 is 0. The van der Waals surface area contributed by atoms with E-state index < -0.39 is 0 Å². The van der Waals surface area contributed by atoms with Crippen LogP contribution in [0.15, 0.2) is 23.9 Å². The lowest BCUT2D eigenvalue weighted by atomic mass is 10.1. The van der Waals surface area contributed by atoms with Crippen molar-refractivity contribution in [3.05, 3.63) is 35.2 Å². The molecule has 1 aliphatic rings. The van der Waals surface area contributed by atoms with Crippen LogP contribution in [0.3, 0.4) is 0 Å². The van der Waals surface area contributed by atoms with Crippen molar-refractivity contribution >= 4 is 5.57 Å². The number of fused-ring (bicyclic) bond motifs is 1. The minimum atomic E-state index is 1.17. The monoisotopic (exact) mass is 159 g/mol. The van der Waals surface area contributed by atoms with Crippen LogP contribution < -0.4 is 0 Å². The number of aromatic nitrogens is 1. The van der Waals surface area contributed by atoms with Crippen LogP contribution >= 0.6 is 0 Å². The van der Waals surface area contributed by atoms with Gasteiger partial charge in [-0.15, -0.1) is 0 Å². The zero-order valence-corrected chi connectivity index (χ0v) is 7.59. The maximum absolute atomic E-state index is 4.40. The van der Waals surface area contributed by atoms with Crippen molar-refractivity contribution in [1.29, 1.82) is 0 Å². The Bertz CT molecular complexity index is 333. The van der Waals surface area contributed by atoms with Crippen molar-refractivity contribution in [3.8, 4) is 0 Å². The van der Waals surface area contributed by atoms with Gasteiger partial charge in [0.05, 0.1) is 5.69 Å². The number of rotatable bonds is 0. The molecule has 0 aliphatic heterocycles. The molecular weight excluding hydrogens is 146 g/mol. The van der Waals surface area contributed by atoms with E-state index in [2.05, 4.69) is 24.9 Å². The second-order valence-corrected chi connectivity index (χ2v) is 3.49. The molecule has 1 heteroatoms. The fourth-order valence-corrected chi connectivity index (χ4v) is 1.78. The van der Waals surface area contributed by atoms with Crippen molar-refractivity contribution in [1.82, 2.24) is 4.98 Å². The first kappa shape index (κ1) is 7.53. The van der Waals surface area contributed by atoms with Gasteiger partial charge in [0.15, 0.2) is 0 Å². The molecule has 1 aromatic heterocycles. The second-order valence-electron chi connectivity index (χ2n) is 3.49. The third kappa shape index (κ3) is 1.06. The molecule has 0 atom stereocenters. The van der Waals surface area contributed by atoms with Gasteiger partial charge in [-0.1, -0.05) is 11.6 Å². The van der Waals surface area contributed by atoms with Gasteiger partial charge in [-0.05, 0) is 43.9 Å². The van der Waals surface area contributed by atoms with Crippen molar-refractivity contribution in [2.24, 2.45) is 0 Å². The highest BCUT2D eigenvalue weighted by atomic mass is 14.7. The highest BCUT2D eigenvalue weighted by Gasteiger charge is 2.17. The molecule has 0 aromatic carbocycles. The molecule has 0 saturated carbocycles. The van der Waals surface area contributed by atoms with E-state index in [0.717, 1.165) is 0 Å². The molecular formula is C11H13N. The summed E-state index contributed by atoms with van der Waals surface area (Å²) in [4.78, 5) is 4.40. The van der Waals surface area contributed by atoms with Crippen LogP contribution in [0.25, 0.3) is 5.57 Å². The van der Waals surface area contributed by atoms with Crippen molar-refractivity contribution in [2.45, 2.75) is 26.7 Å². The number of hydrogen-bond acceptors (Lipinski definition) is 1. The minimum Gasteiger partial charge on any atom is -0.256 e. The van der Waals surface area contributed by atoms with Crippen LogP contribution in [-0.2, 0) is 6.42 Å². The Morgan fingerprint density at radius 1 is 1.33 bits per heavy atom. The van der Waals surface area contributed by atoms with Crippen molar-refractivity contribution in [2.75, 3.05) is 0 Å². The first-order chi connectivity index (χ1) is 5.79. The summed E-state index contributed by atoms with van der Waals surface area (Å²) in [5.41, 5.74) is 5.50.